The van der Waals surface area contributed by atoms with Gasteiger partial charge in [-0.25, -0.2) is 0 Å². The Morgan fingerprint density at radius 2 is 1.95 bits per heavy atom. The van der Waals surface area contributed by atoms with Crippen LogP contribution in [0.3, 0.4) is 0 Å². The van der Waals surface area contributed by atoms with Crippen molar-refractivity contribution in [1.29, 1.82) is 0 Å². The van der Waals surface area contributed by atoms with E-state index in [4.69, 9.17) is 5.11 Å². The topological polar surface area (TPSA) is 86.7 Å². The quantitative estimate of drug-likeness (QED) is 0.814. The SMILES string of the molecule is CCCN1C(=O)[C@H](Cc2ccccc2)NC(=O)[C@@H]1CC(=O)O. The van der Waals surface area contributed by atoms with Gasteiger partial charge in [-0.15, -0.1) is 0 Å². The van der Waals surface area contributed by atoms with Crippen LogP contribution in [-0.2, 0) is 20.8 Å². The highest BCUT2D eigenvalue weighted by Gasteiger charge is 2.40. The lowest BCUT2D eigenvalue weighted by Crippen LogP contribution is -2.64. The van der Waals surface area contributed by atoms with Crippen LogP contribution in [0.15, 0.2) is 30.3 Å². The monoisotopic (exact) mass is 304 g/mol. The molecule has 1 fully saturated rings. The van der Waals surface area contributed by atoms with Gasteiger partial charge < -0.3 is 15.3 Å². The van der Waals surface area contributed by atoms with Crippen LogP contribution in [0, 0.1) is 0 Å². The molecule has 2 N–H and O–H groups in total. The molecule has 1 aliphatic rings. The third-order valence-electron chi connectivity index (χ3n) is 3.69. The molecule has 6 nitrogen and oxygen atoms in total. The van der Waals surface area contributed by atoms with Crippen LogP contribution in [0.2, 0.25) is 0 Å². The fraction of sp³-hybridized carbons (Fsp3) is 0.438. The van der Waals surface area contributed by atoms with Crippen LogP contribution < -0.4 is 5.32 Å². The fourth-order valence-corrected chi connectivity index (χ4v) is 2.69. The predicted octanol–water partition coefficient (Wildman–Crippen LogP) is 0.809. The molecule has 0 radical (unpaired) electrons. The highest BCUT2D eigenvalue weighted by atomic mass is 16.4. The van der Waals surface area contributed by atoms with Crippen molar-refractivity contribution in [2.45, 2.75) is 38.3 Å². The number of carbonyl (C=O) groups excluding carboxylic acids is 2. The molecule has 0 saturated carbocycles. The standard InChI is InChI=1S/C16H20N2O4/c1-2-8-18-13(10-14(19)20)15(21)17-12(16(18)22)9-11-6-4-3-5-7-11/h3-7,12-13H,2,8-10H2,1H3,(H,17,21)(H,19,20)/t12-,13-/m0/s1. The normalized spacial score (nSPS) is 21.6. The van der Waals surface area contributed by atoms with E-state index in [1.165, 1.54) is 4.90 Å². The molecule has 2 atom stereocenters. The van der Waals surface area contributed by atoms with Crippen LogP contribution in [0.1, 0.15) is 25.3 Å². The maximum Gasteiger partial charge on any atom is 0.305 e. The molecule has 0 bridgehead atoms. The molecule has 118 valence electrons. The Morgan fingerprint density at radius 3 is 2.55 bits per heavy atom. The summed E-state index contributed by atoms with van der Waals surface area (Å²) in [4.78, 5) is 37.1. The number of nitrogens with one attached hydrogen (secondary N) is 1. The lowest BCUT2D eigenvalue weighted by Gasteiger charge is -2.38. The Bertz CT molecular complexity index is 559. The molecule has 2 rings (SSSR count). The minimum atomic E-state index is -1.09. The van der Waals surface area contributed by atoms with Crippen molar-refractivity contribution in [2.75, 3.05) is 6.54 Å². The number of piperazine rings is 1. The smallest absolute Gasteiger partial charge is 0.305 e. The van der Waals surface area contributed by atoms with Gasteiger partial charge in [0.05, 0.1) is 6.42 Å². The van der Waals surface area contributed by atoms with Crippen molar-refractivity contribution >= 4 is 17.8 Å². The first-order valence-corrected chi connectivity index (χ1v) is 7.39. The van der Waals surface area contributed by atoms with Gasteiger partial charge >= 0.3 is 5.97 Å². The van der Waals surface area contributed by atoms with Gasteiger partial charge in [0.2, 0.25) is 11.8 Å². The third-order valence-corrected chi connectivity index (χ3v) is 3.69. The lowest BCUT2D eigenvalue weighted by atomic mass is 9.98. The highest BCUT2D eigenvalue weighted by molar-refractivity contribution is 5.98. The molecule has 1 aromatic carbocycles. The van der Waals surface area contributed by atoms with E-state index in [0.29, 0.717) is 19.4 Å². The number of aliphatic carboxylic acids is 1. The summed E-state index contributed by atoms with van der Waals surface area (Å²) in [5.41, 5.74) is 0.953. The van der Waals surface area contributed by atoms with Crippen LogP contribution in [-0.4, -0.2) is 46.4 Å². The Kier molecular flexibility index (Phi) is 5.14. The van der Waals surface area contributed by atoms with E-state index in [-0.39, 0.29) is 12.3 Å². The zero-order chi connectivity index (χ0) is 16.1. The Morgan fingerprint density at radius 1 is 1.27 bits per heavy atom. The number of hydrogen-bond donors (Lipinski definition) is 2. The molecular weight excluding hydrogens is 284 g/mol. The number of hydrogen-bond acceptors (Lipinski definition) is 3. The molecule has 0 unspecified atom stereocenters. The summed E-state index contributed by atoms with van der Waals surface area (Å²) in [5, 5.41) is 11.6. The zero-order valence-electron chi connectivity index (χ0n) is 12.5. The second-order valence-electron chi connectivity index (χ2n) is 5.40. The largest absolute Gasteiger partial charge is 0.481 e. The Hall–Kier alpha value is -2.37. The summed E-state index contributed by atoms with van der Waals surface area (Å²) in [7, 11) is 0. The van der Waals surface area contributed by atoms with Crippen LogP contribution in [0.25, 0.3) is 0 Å². The number of rotatable bonds is 6. The molecular formula is C16H20N2O4. The summed E-state index contributed by atoms with van der Waals surface area (Å²) < 4.78 is 0. The summed E-state index contributed by atoms with van der Waals surface area (Å²) in [6.07, 6.45) is 0.717. The Balaban J connectivity index is 2.17. The first-order valence-electron chi connectivity index (χ1n) is 7.39. The van der Waals surface area contributed by atoms with Gasteiger partial charge in [-0.2, -0.15) is 0 Å². The van der Waals surface area contributed by atoms with Gasteiger partial charge in [0.1, 0.15) is 12.1 Å². The summed E-state index contributed by atoms with van der Waals surface area (Å²) >= 11 is 0. The fourth-order valence-electron chi connectivity index (χ4n) is 2.69. The van der Waals surface area contributed by atoms with Gasteiger partial charge in [0, 0.05) is 13.0 Å². The van der Waals surface area contributed by atoms with Crippen molar-refractivity contribution in [3.8, 4) is 0 Å². The average molecular weight is 304 g/mol. The maximum absolute atomic E-state index is 12.6. The molecule has 1 aromatic rings. The van der Waals surface area contributed by atoms with E-state index in [2.05, 4.69) is 5.32 Å². The molecule has 1 aliphatic heterocycles. The second-order valence-corrected chi connectivity index (χ2v) is 5.40. The lowest BCUT2D eigenvalue weighted by molar-refractivity contribution is -0.153. The molecule has 2 amide bonds. The van der Waals surface area contributed by atoms with E-state index < -0.39 is 24.0 Å². The minimum Gasteiger partial charge on any atom is -0.481 e. The van der Waals surface area contributed by atoms with Crippen LogP contribution in [0.5, 0.6) is 0 Å². The van der Waals surface area contributed by atoms with Crippen molar-refractivity contribution in [2.24, 2.45) is 0 Å². The number of carbonyl (C=O) groups is 3. The number of carboxylic acids is 1. The molecule has 22 heavy (non-hydrogen) atoms. The minimum absolute atomic E-state index is 0.212. The van der Waals surface area contributed by atoms with E-state index in [0.717, 1.165) is 5.56 Å². The number of carboxylic acid groups (broad SMARTS) is 1. The van der Waals surface area contributed by atoms with Crippen LogP contribution >= 0.6 is 0 Å². The van der Waals surface area contributed by atoms with Gasteiger partial charge in [-0.1, -0.05) is 37.3 Å². The van der Waals surface area contributed by atoms with Crippen LogP contribution in [0.4, 0.5) is 0 Å². The van der Waals surface area contributed by atoms with Crippen molar-refractivity contribution in [3.05, 3.63) is 35.9 Å². The van der Waals surface area contributed by atoms with Crippen molar-refractivity contribution in [3.63, 3.8) is 0 Å². The van der Waals surface area contributed by atoms with Crippen molar-refractivity contribution in [1.82, 2.24) is 10.2 Å². The molecule has 0 spiro atoms. The van der Waals surface area contributed by atoms with E-state index in [1.54, 1.807) is 0 Å². The molecule has 1 saturated heterocycles. The highest BCUT2D eigenvalue weighted by Crippen LogP contribution is 2.17. The number of benzene rings is 1. The van der Waals surface area contributed by atoms with Gasteiger partial charge in [-0.05, 0) is 12.0 Å². The van der Waals surface area contributed by atoms with E-state index in [1.807, 2.05) is 37.3 Å². The first-order chi connectivity index (χ1) is 10.5. The number of nitrogens with zero attached hydrogens (tertiary/aromatic N) is 1. The summed E-state index contributed by atoms with van der Waals surface area (Å²) in [6.45, 7) is 2.28. The zero-order valence-corrected chi connectivity index (χ0v) is 12.5. The maximum atomic E-state index is 12.6. The molecule has 1 heterocycles. The van der Waals surface area contributed by atoms with E-state index >= 15 is 0 Å². The summed E-state index contributed by atoms with van der Waals surface area (Å²) in [6, 6.07) is 7.88. The third kappa shape index (κ3) is 3.63. The molecule has 0 aromatic heterocycles. The molecule has 6 heteroatoms. The second kappa shape index (κ2) is 7.06. The predicted molar refractivity (Wildman–Crippen MR) is 80.1 cm³/mol. The van der Waals surface area contributed by atoms with Gasteiger partial charge in [0.15, 0.2) is 0 Å². The van der Waals surface area contributed by atoms with Crippen molar-refractivity contribution < 1.29 is 19.5 Å². The van der Waals surface area contributed by atoms with E-state index in [9.17, 15) is 14.4 Å². The Labute approximate surface area is 129 Å². The first kappa shape index (κ1) is 16.0. The number of amides is 2. The molecule has 0 aliphatic carbocycles. The van der Waals surface area contributed by atoms with Gasteiger partial charge in [0.25, 0.3) is 0 Å². The van der Waals surface area contributed by atoms with Gasteiger partial charge in [-0.3, -0.25) is 14.4 Å². The average Bonchev–Trinajstić information content (AvgIpc) is 2.49. The summed E-state index contributed by atoms with van der Waals surface area (Å²) in [5.74, 6) is -1.69.